The minimum Gasteiger partial charge on any atom is -0.487 e. The summed E-state index contributed by atoms with van der Waals surface area (Å²) >= 11 is 0. The molecule has 2 heterocycles. The molecule has 5 heteroatoms. The monoisotopic (exact) mass is 285 g/mol. The molecule has 0 radical (unpaired) electrons. The van der Waals surface area contributed by atoms with Crippen molar-refractivity contribution in [3.8, 4) is 5.75 Å². The lowest BCUT2D eigenvalue weighted by atomic mass is 10.1. The summed E-state index contributed by atoms with van der Waals surface area (Å²) in [5.74, 6) is 0.718. The number of nitrogens with one attached hydrogen (secondary N) is 1. The number of amides is 1. The Hall–Kier alpha value is -2.43. The zero-order valence-electron chi connectivity index (χ0n) is 12.0. The van der Waals surface area contributed by atoms with Crippen LogP contribution in [-0.2, 0) is 11.2 Å². The molecule has 0 unspecified atom stereocenters. The van der Waals surface area contributed by atoms with Crippen molar-refractivity contribution in [2.45, 2.75) is 25.9 Å². The van der Waals surface area contributed by atoms with Crippen LogP contribution in [0.2, 0.25) is 0 Å². The maximum atomic E-state index is 11.8. The fraction of sp³-hybridized carbons (Fsp3) is 0.312. The number of hydrogen-bond donors (Lipinski definition) is 1. The van der Waals surface area contributed by atoms with Gasteiger partial charge in [-0.05, 0) is 37.1 Å². The fourth-order valence-corrected chi connectivity index (χ4v) is 1.84. The van der Waals surface area contributed by atoms with Crippen LogP contribution >= 0.6 is 0 Å². The Bertz CT molecular complexity index is 546. The highest BCUT2D eigenvalue weighted by molar-refractivity contribution is 5.76. The number of carbonyl (C=O) groups is 1. The molecule has 1 atom stereocenters. The molecule has 2 aromatic rings. The Morgan fingerprint density at radius 2 is 2.00 bits per heavy atom. The number of hydrogen-bond acceptors (Lipinski definition) is 4. The summed E-state index contributed by atoms with van der Waals surface area (Å²) < 4.78 is 5.64. The van der Waals surface area contributed by atoms with Crippen LogP contribution < -0.4 is 10.1 Å². The molecule has 0 saturated heterocycles. The van der Waals surface area contributed by atoms with Crippen molar-refractivity contribution < 1.29 is 9.53 Å². The molecule has 110 valence electrons. The number of carbonyl (C=O) groups excluding carboxylic acids is 1. The van der Waals surface area contributed by atoms with Gasteiger partial charge in [0.25, 0.3) is 0 Å². The van der Waals surface area contributed by atoms with Crippen LogP contribution in [0.4, 0.5) is 0 Å². The maximum Gasteiger partial charge on any atom is 0.220 e. The van der Waals surface area contributed by atoms with Gasteiger partial charge in [0.05, 0.1) is 12.7 Å². The highest BCUT2D eigenvalue weighted by atomic mass is 16.5. The summed E-state index contributed by atoms with van der Waals surface area (Å²) in [6.07, 6.45) is 7.89. The Kier molecular flexibility index (Phi) is 5.70. The summed E-state index contributed by atoms with van der Waals surface area (Å²) in [4.78, 5) is 19.8. The summed E-state index contributed by atoms with van der Waals surface area (Å²) in [7, 11) is 0. The second-order valence-electron chi connectivity index (χ2n) is 4.78. The highest BCUT2D eigenvalue weighted by Gasteiger charge is 2.07. The molecule has 0 bridgehead atoms. The molecule has 0 aliphatic heterocycles. The van der Waals surface area contributed by atoms with Gasteiger partial charge < -0.3 is 10.1 Å². The zero-order chi connectivity index (χ0) is 14.9. The van der Waals surface area contributed by atoms with Crippen molar-refractivity contribution in [3.63, 3.8) is 0 Å². The van der Waals surface area contributed by atoms with E-state index in [4.69, 9.17) is 4.74 Å². The van der Waals surface area contributed by atoms with Gasteiger partial charge >= 0.3 is 0 Å². The van der Waals surface area contributed by atoms with Crippen molar-refractivity contribution in [3.05, 3.63) is 54.6 Å². The third-order valence-corrected chi connectivity index (χ3v) is 2.92. The SMILES string of the molecule is C[C@H](CNC(=O)CCc1cccnc1)Oc1cccnc1. The van der Waals surface area contributed by atoms with E-state index in [2.05, 4.69) is 15.3 Å². The van der Waals surface area contributed by atoms with E-state index < -0.39 is 0 Å². The number of aromatic nitrogens is 2. The summed E-state index contributed by atoms with van der Waals surface area (Å²) in [5, 5.41) is 2.87. The molecule has 5 nitrogen and oxygen atoms in total. The molecule has 0 aliphatic carbocycles. The van der Waals surface area contributed by atoms with Crippen molar-refractivity contribution in [2.75, 3.05) is 6.54 Å². The molecule has 0 aromatic carbocycles. The highest BCUT2D eigenvalue weighted by Crippen LogP contribution is 2.08. The lowest BCUT2D eigenvalue weighted by Gasteiger charge is -2.15. The maximum absolute atomic E-state index is 11.8. The molecule has 21 heavy (non-hydrogen) atoms. The summed E-state index contributed by atoms with van der Waals surface area (Å²) in [6.45, 7) is 2.38. The second-order valence-corrected chi connectivity index (χ2v) is 4.78. The summed E-state index contributed by atoms with van der Waals surface area (Å²) in [6, 6.07) is 7.49. The first-order valence-electron chi connectivity index (χ1n) is 6.96. The second kappa shape index (κ2) is 7.99. The number of pyridine rings is 2. The van der Waals surface area contributed by atoms with Crippen molar-refractivity contribution >= 4 is 5.91 Å². The lowest BCUT2D eigenvalue weighted by Crippen LogP contribution is -2.33. The van der Waals surface area contributed by atoms with Crippen LogP contribution in [-0.4, -0.2) is 28.5 Å². The van der Waals surface area contributed by atoms with Crippen LogP contribution in [0.3, 0.4) is 0 Å². The van der Waals surface area contributed by atoms with Gasteiger partial charge in [-0.1, -0.05) is 6.07 Å². The van der Waals surface area contributed by atoms with Crippen LogP contribution in [0.25, 0.3) is 0 Å². The number of nitrogens with zero attached hydrogens (tertiary/aromatic N) is 2. The molecule has 0 spiro atoms. The van der Waals surface area contributed by atoms with Crippen LogP contribution in [0, 0.1) is 0 Å². The van der Waals surface area contributed by atoms with Gasteiger partial charge in [0.1, 0.15) is 11.9 Å². The Balaban J connectivity index is 1.66. The number of ether oxygens (including phenoxy) is 1. The van der Waals surface area contributed by atoms with Gasteiger partial charge in [0.15, 0.2) is 0 Å². The minimum atomic E-state index is -0.100. The zero-order valence-corrected chi connectivity index (χ0v) is 12.0. The Morgan fingerprint density at radius 1 is 1.24 bits per heavy atom. The van der Waals surface area contributed by atoms with E-state index in [-0.39, 0.29) is 12.0 Å². The molecule has 0 aliphatic rings. The molecule has 1 N–H and O–H groups in total. The molecular weight excluding hydrogens is 266 g/mol. The molecule has 2 aromatic heterocycles. The van der Waals surface area contributed by atoms with Gasteiger partial charge in [0, 0.05) is 25.0 Å². The predicted octanol–water partition coefficient (Wildman–Crippen LogP) is 1.99. The first-order chi connectivity index (χ1) is 10.2. The van der Waals surface area contributed by atoms with Crippen molar-refractivity contribution in [2.24, 2.45) is 0 Å². The van der Waals surface area contributed by atoms with E-state index >= 15 is 0 Å². The van der Waals surface area contributed by atoms with Crippen molar-refractivity contribution in [1.82, 2.24) is 15.3 Å². The first kappa shape index (κ1) is 15.0. The minimum absolute atomic E-state index is 0.0143. The quantitative estimate of drug-likeness (QED) is 0.845. The van der Waals surface area contributed by atoms with E-state index in [0.29, 0.717) is 25.1 Å². The van der Waals surface area contributed by atoms with E-state index in [0.717, 1.165) is 5.56 Å². The van der Waals surface area contributed by atoms with E-state index in [9.17, 15) is 4.79 Å². The molecule has 0 saturated carbocycles. The van der Waals surface area contributed by atoms with E-state index in [1.165, 1.54) is 0 Å². The number of aryl methyl sites for hydroxylation is 1. The van der Waals surface area contributed by atoms with Crippen LogP contribution in [0.5, 0.6) is 5.75 Å². The first-order valence-corrected chi connectivity index (χ1v) is 6.96. The molecule has 0 fully saturated rings. The topological polar surface area (TPSA) is 64.1 Å². The normalized spacial score (nSPS) is 11.7. The third-order valence-electron chi connectivity index (χ3n) is 2.92. The largest absolute Gasteiger partial charge is 0.487 e. The van der Waals surface area contributed by atoms with Gasteiger partial charge in [-0.15, -0.1) is 0 Å². The standard InChI is InChI=1S/C16H19N3O2/c1-13(21-15-5-3-9-18-12-15)10-19-16(20)7-6-14-4-2-8-17-11-14/h2-5,8-9,11-13H,6-7,10H2,1H3,(H,19,20)/t13-/m1/s1. The van der Waals surface area contributed by atoms with E-state index in [1.807, 2.05) is 31.2 Å². The lowest BCUT2D eigenvalue weighted by molar-refractivity contribution is -0.121. The molecule has 2 rings (SSSR count). The summed E-state index contributed by atoms with van der Waals surface area (Å²) in [5.41, 5.74) is 1.06. The van der Waals surface area contributed by atoms with E-state index in [1.54, 1.807) is 24.8 Å². The van der Waals surface area contributed by atoms with Crippen molar-refractivity contribution in [1.29, 1.82) is 0 Å². The smallest absolute Gasteiger partial charge is 0.220 e. The van der Waals surface area contributed by atoms with Gasteiger partial charge in [-0.3, -0.25) is 14.8 Å². The average molecular weight is 285 g/mol. The van der Waals surface area contributed by atoms with Crippen LogP contribution in [0.1, 0.15) is 18.9 Å². The van der Waals surface area contributed by atoms with Gasteiger partial charge in [0.2, 0.25) is 5.91 Å². The Labute approximate surface area is 124 Å². The molecular formula is C16H19N3O2. The number of rotatable bonds is 7. The third kappa shape index (κ3) is 5.60. The van der Waals surface area contributed by atoms with Gasteiger partial charge in [-0.2, -0.15) is 0 Å². The van der Waals surface area contributed by atoms with Gasteiger partial charge in [-0.25, -0.2) is 0 Å². The Morgan fingerprint density at radius 3 is 2.67 bits per heavy atom. The predicted molar refractivity (Wildman–Crippen MR) is 79.9 cm³/mol. The molecule has 1 amide bonds. The average Bonchev–Trinajstić information content (AvgIpc) is 2.53. The fourth-order valence-electron chi connectivity index (χ4n) is 1.84. The van der Waals surface area contributed by atoms with Crippen LogP contribution in [0.15, 0.2) is 49.1 Å².